The zero-order chi connectivity index (χ0) is 17.4. The van der Waals surface area contributed by atoms with Gasteiger partial charge in [-0.05, 0) is 41.8 Å². The zero-order valence-corrected chi connectivity index (χ0v) is 13.5. The molecule has 7 heteroatoms. The van der Waals surface area contributed by atoms with Crippen molar-refractivity contribution < 1.29 is 19.0 Å². The van der Waals surface area contributed by atoms with Gasteiger partial charge in [0.1, 0.15) is 23.5 Å². The van der Waals surface area contributed by atoms with E-state index in [1.807, 2.05) is 13.0 Å². The fourth-order valence-corrected chi connectivity index (χ4v) is 2.92. The molecule has 0 fully saturated rings. The number of fused-ring (bicyclic) bond motifs is 1. The van der Waals surface area contributed by atoms with Crippen molar-refractivity contribution in [3.63, 3.8) is 0 Å². The third kappa shape index (κ3) is 3.19. The van der Waals surface area contributed by atoms with Crippen molar-refractivity contribution in [1.29, 1.82) is 0 Å². The molecule has 2 aromatic rings. The van der Waals surface area contributed by atoms with E-state index in [0.717, 1.165) is 16.7 Å². The summed E-state index contributed by atoms with van der Waals surface area (Å²) >= 11 is 5.81. The van der Waals surface area contributed by atoms with E-state index >= 15 is 0 Å². The summed E-state index contributed by atoms with van der Waals surface area (Å²) in [5, 5.41) is 8.78. The van der Waals surface area contributed by atoms with Gasteiger partial charge in [-0.15, -0.1) is 0 Å². The fraction of sp³-hybridized carbons (Fsp3) is 0.176. The Balaban J connectivity index is 1.94. The van der Waals surface area contributed by atoms with Crippen molar-refractivity contribution in [3.05, 3.63) is 63.4 Å². The molecule has 0 aromatic heterocycles. The average molecular weight is 349 g/mol. The molecule has 2 aromatic carbocycles. The molecule has 1 atom stereocenters. The van der Waals surface area contributed by atoms with Gasteiger partial charge in [0.15, 0.2) is 0 Å². The lowest BCUT2D eigenvalue weighted by atomic mass is 9.99. The average Bonchev–Trinajstić information content (AvgIpc) is 2.89. The van der Waals surface area contributed by atoms with E-state index in [1.54, 1.807) is 18.2 Å². The standard InChI is InChI=1S/C17H14ClFN2O3/c1-8-2-9(4-11(3-8)16(20)21-17(22)23)14-6-10-5-12(18)13(19)7-15(10)24-14/h2-5,7,14H,6H2,1H3,(H2,20,21)(H,22,23). The van der Waals surface area contributed by atoms with Crippen LogP contribution in [0.4, 0.5) is 9.18 Å². The van der Waals surface area contributed by atoms with Gasteiger partial charge in [0.25, 0.3) is 0 Å². The first-order valence-corrected chi connectivity index (χ1v) is 7.55. The quantitative estimate of drug-likeness (QED) is 0.637. The second-order valence-corrected chi connectivity index (χ2v) is 6.00. The maximum atomic E-state index is 13.6. The van der Waals surface area contributed by atoms with E-state index < -0.39 is 11.9 Å². The lowest BCUT2D eigenvalue weighted by molar-refractivity contribution is 0.205. The number of benzene rings is 2. The first-order chi connectivity index (χ1) is 11.3. The summed E-state index contributed by atoms with van der Waals surface area (Å²) in [7, 11) is 0. The molecule has 24 heavy (non-hydrogen) atoms. The van der Waals surface area contributed by atoms with E-state index in [0.29, 0.717) is 17.7 Å². The van der Waals surface area contributed by atoms with E-state index in [9.17, 15) is 9.18 Å². The van der Waals surface area contributed by atoms with Gasteiger partial charge in [-0.3, -0.25) is 0 Å². The number of ether oxygens (including phenoxy) is 1. The third-order valence-corrected chi connectivity index (χ3v) is 4.05. The molecule has 1 aliphatic heterocycles. The Bertz CT molecular complexity index is 836. The highest BCUT2D eigenvalue weighted by Gasteiger charge is 2.26. The molecule has 124 valence electrons. The van der Waals surface area contributed by atoms with Crippen molar-refractivity contribution in [1.82, 2.24) is 0 Å². The summed E-state index contributed by atoms with van der Waals surface area (Å²) in [6.45, 7) is 1.86. The van der Waals surface area contributed by atoms with Gasteiger partial charge in [-0.25, -0.2) is 9.18 Å². The summed E-state index contributed by atoms with van der Waals surface area (Å²) in [6.07, 6.45) is -1.15. The van der Waals surface area contributed by atoms with Crippen molar-refractivity contribution in [2.45, 2.75) is 19.4 Å². The summed E-state index contributed by atoms with van der Waals surface area (Å²) in [4.78, 5) is 14.0. The predicted molar refractivity (Wildman–Crippen MR) is 88.4 cm³/mol. The number of carboxylic acid groups (broad SMARTS) is 1. The van der Waals surface area contributed by atoms with Gasteiger partial charge >= 0.3 is 6.09 Å². The molecule has 1 unspecified atom stereocenters. The molecule has 3 rings (SSSR count). The van der Waals surface area contributed by atoms with Gasteiger partial charge in [-0.2, -0.15) is 4.99 Å². The van der Waals surface area contributed by atoms with Crippen LogP contribution in [0.1, 0.15) is 28.4 Å². The number of amides is 1. The van der Waals surface area contributed by atoms with Crippen molar-refractivity contribution in [2.24, 2.45) is 10.7 Å². The Morgan fingerprint density at radius 1 is 1.38 bits per heavy atom. The molecule has 1 heterocycles. The minimum atomic E-state index is -1.36. The van der Waals surface area contributed by atoms with Gasteiger partial charge in [0, 0.05) is 18.1 Å². The number of nitrogens with zero attached hydrogens (tertiary/aromatic N) is 1. The molecule has 5 nitrogen and oxygen atoms in total. The maximum absolute atomic E-state index is 13.6. The second-order valence-electron chi connectivity index (χ2n) is 5.60. The van der Waals surface area contributed by atoms with E-state index in [-0.39, 0.29) is 17.0 Å². The monoisotopic (exact) mass is 348 g/mol. The molecule has 0 radical (unpaired) electrons. The third-order valence-electron chi connectivity index (χ3n) is 3.76. The van der Waals surface area contributed by atoms with Gasteiger partial charge in [0.2, 0.25) is 0 Å². The maximum Gasteiger partial charge on any atom is 0.433 e. The van der Waals surface area contributed by atoms with E-state index in [4.69, 9.17) is 27.2 Å². The van der Waals surface area contributed by atoms with Crippen LogP contribution in [0.5, 0.6) is 5.75 Å². The molecule has 0 bridgehead atoms. The number of aryl methyl sites for hydroxylation is 1. The van der Waals surface area contributed by atoms with Crippen LogP contribution in [-0.2, 0) is 6.42 Å². The minimum absolute atomic E-state index is 0.0563. The molecular weight excluding hydrogens is 335 g/mol. The van der Waals surface area contributed by atoms with Crippen molar-refractivity contribution >= 4 is 23.5 Å². The fourth-order valence-electron chi connectivity index (χ4n) is 2.73. The first kappa shape index (κ1) is 16.3. The van der Waals surface area contributed by atoms with Gasteiger partial charge in [0.05, 0.1) is 5.02 Å². The summed E-state index contributed by atoms with van der Waals surface area (Å²) in [5.74, 6) is -0.159. The highest BCUT2D eigenvalue weighted by Crippen LogP contribution is 2.39. The molecular formula is C17H14ClFN2O3. The molecule has 1 aliphatic rings. The molecule has 3 N–H and O–H groups in total. The molecule has 1 amide bonds. The van der Waals surface area contributed by atoms with Crippen molar-refractivity contribution in [3.8, 4) is 5.75 Å². The Kier molecular flexibility index (Phi) is 4.15. The van der Waals surface area contributed by atoms with E-state index in [1.165, 1.54) is 6.07 Å². The first-order valence-electron chi connectivity index (χ1n) is 7.17. The lowest BCUT2D eigenvalue weighted by Crippen LogP contribution is -2.16. The van der Waals surface area contributed by atoms with Crippen LogP contribution < -0.4 is 10.5 Å². The minimum Gasteiger partial charge on any atom is -0.485 e. The van der Waals surface area contributed by atoms with Crippen LogP contribution in [0, 0.1) is 12.7 Å². The van der Waals surface area contributed by atoms with Gasteiger partial charge < -0.3 is 15.6 Å². The highest BCUT2D eigenvalue weighted by molar-refractivity contribution is 6.30. The van der Waals surface area contributed by atoms with E-state index in [2.05, 4.69) is 4.99 Å². The van der Waals surface area contributed by atoms with Crippen LogP contribution in [-0.4, -0.2) is 17.0 Å². The molecule has 0 saturated heterocycles. The largest absolute Gasteiger partial charge is 0.485 e. The number of carbonyl (C=O) groups is 1. The summed E-state index contributed by atoms with van der Waals surface area (Å²) in [6, 6.07) is 8.21. The Morgan fingerprint density at radius 3 is 2.83 bits per heavy atom. The Morgan fingerprint density at radius 2 is 2.12 bits per heavy atom. The van der Waals surface area contributed by atoms with Crippen LogP contribution >= 0.6 is 11.6 Å². The predicted octanol–water partition coefficient (Wildman–Crippen LogP) is 3.85. The number of rotatable bonds is 2. The van der Waals surface area contributed by atoms with Crippen LogP contribution in [0.15, 0.2) is 35.3 Å². The summed E-state index contributed by atoms with van der Waals surface area (Å²) < 4.78 is 19.4. The highest BCUT2D eigenvalue weighted by atomic mass is 35.5. The van der Waals surface area contributed by atoms with Gasteiger partial charge in [-0.1, -0.05) is 17.7 Å². The number of aliphatic imine (C=N–C) groups is 1. The smallest absolute Gasteiger partial charge is 0.433 e. The molecule has 0 aliphatic carbocycles. The van der Waals surface area contributed by atoms with Crippen molar-refractivity contribution in [2.75, 3.05) is 0 Å². The van der Waals surface area contributed by atoms with Crippen LogP contribution in [0.3, 0.4) is 0 Å². The Labute approximate surface area is 142 Å². The number of halogens is 2. The number of hydrogen-bond acceptors (Lipinski definition) is 2. The number of nitrogens with two attached hydrogens (primary N) is 1. The normalized spacial score (nSPS) is 16.6. The van der Waals surface area contributed by atoms with Crippen LogP contribution in [0.2, 0.25) is 5.02 Å². The zero-order valence-electron chi connectivity index (χ0n) is 12.7. The van der Waals surface area contributed by atoms with Crippen LogP contribution in [0.25, 0.3) is 0 Å². The number of amidine groups is 1. The molecule has 0 saturated carbocycles. The number of hydrogen-bond donors (Lipinski definition) is 2. The molecule has 0 spiro atoms. The summed E-state index contributed by atoms with van der Waals surface area (Å²) in [5.41, 5.74) is 8.73. The Hall–Kier alpha value is -2.60. The SMILES string of the molecule is Cc1cc(/C(N)=N/C(=O)O)cc(C2Cc3cc(Cl)c(F)cc3O2)c1. The topological polar surface area (TPSA) is 84.9 Å². The lowest BCUT2D eigenvalue weighted by Gasteiger charge is -2.13. The second kappa shape index (κ2) is 6.13.